The van der Waals surface area contributed by atoms with Crippen LogP contribution in [0.15, 0.2) is 29.1 Å². The van der Waals surface area contributed by atoms with E-state index >= 15 is 0 Å². The molecule has 0 aliphatic rings. The molecule has 0 saturated carbocycles. The van der Waals surface area contributed by atoms with Crippen molar-refractivity contribution in [2.24, 2.45) is 5.73 Å². The summed E-state index contributed by atoms with van der Waals surface area (Å²) in [7, 11) is 0. The number of hydrogen-bond acceptors (Lipinski definition) is 4. The molecule has 3 N–H and O–H groups in total. The molecule has 124 valence electrons. The third-order valence-corrected chi connectivity index (χ3v) is 3.79. The van der Waals surface area contributed by atoms with E-state index in [4.69, 9.17) is 5.73 Å². The average molecular weight is 316 g/mol. The topological polar surface area (TPSA) is 90.0 Å². The Morgan fingerprint density at radius 2 is 2.00 bits per heavy atom. The average Bonchev–Trinajstić information content (AvgIpc) is 2.57. The van der Waals surface area contributed by atoms with Gasteiger partial charge in [-0.05, 0) is 19.4 Å². The molecule has 23 heavy (non-hydrogen) atoms. The lowest BCUT2D eigenvalue weighted by atomic mass is 10.1. The summed E-state index contributed by atoms with van der Waals surface area (Å²) in [4.78, 5) is 25.0. The van der Waals surface area contributed by atoms with Crippen LogP contribution >= 0.6 is 0 Å². The number of aromatic nitrogens is 2. The zero-order valence-electron chi connectivity index (χ0n) is 13.7. The summed E-state index contributed by atoms with van der Waals surface area (Å²) in [5.41, 5.74) is 5.68. The zero-order chi connectivity index (χ0) is 16.8. The van der Waals surface area contributed by atoms with Crippen LogP contribution in [-0.2, 0) is 6.54 Å². The predicted octanol–water partition coefficient (Wildman–Crippen LogP) is 1.66. The second kappa shape index (κ2) is 7.87. The first-order chi connectivity index (χ1) is 11.1. The first-order valence-electron chi connectivity index (χ1n) is 8.09. The van der Waals surface area contributed by atoms with Gasteiger partial charge in [0, 0.05) is 24.5 Å². The van der Waals surface area contributed by atoms with E-state index in [9.17, 15) is 9.59 Å². The fourth-order valence-electron chi connectivity index (χ4n) is 2.42. The maximum atomic E-state index is 12.5. The number of aryl methyl sites for hydroxylation is 1. The van der Waals surface area contributed by atoms with Crippen molar-refractivity contribution < 1.29 is 4.79 Å². The molecule has 0 radical (unpaired) electrons. The van der Waals surface area contributed by atoms with E-state index in [0.717, 1.165) is 19.3 Å². The summed E-state index contributed by atoms with van der Waals surface area (Å²) in [6.45, 7) is 4.80. The smallest absolute Gasteiger partial charge is 0.274 e. The van der Waals surface area contributed by atoms with Gasteiger partial charge in [0.15, 0.2) is 5.69 Å². The van der Waals surface area contributed by atoms with Crippen LogP contribution in [0.2, 0.25) is 0 Å². The van der Waals surface area contributed by atoms with Gasteiger partial charge in [0.25, 0.3) is 11.5 Å². The van der Waals surface area contributed by atoms with Crippen LogP contribution in [0.1, 0.15) is 43.6 Å². The van der Waals surface area contributed by atoms with Gasteiger partial charge < -0.3 is 11.1 Å². The van der Waals surface area contributed by atoms with Crippen LogP contribution in [0, 0.1) is 0 Å². The fourth-order valence-corrected chi connectivity index (χ4v) is 2.42. The molecular weight excluding hydrogens is 292 g/mol. The number of unbranched alkanes of at least 4 members (excludes halogenated alkanes) is 2. The van der Waals surface area contributed by atoms with E-state index in [-0.39, 0.29) is 23.2 Å². The number of carbonyl (C=O) groups excluding carboxylic acids is 1. The van der Waals surface area contributed by atoms with Gasteiger partial charge in [0.1, 0.15) is 0 Å². The number of nitrogens with zero attached hydrogens (tertiary/aromatic N) is 2. The van der Waals surface area contributed by atoms with Gasteiger partial charge >= 0.3 is 0 Å². The second-order valence-corrected chi connectivity index (χ2v) is 5.74. The number of hydrogen-bond donors (Lipinski definition) is 2. The Bertz CT molecular complexity index is 739. The van der Waals surface area contributed by atoms with Gasteiger partial charge in [-0.2, -0.15) is 5.10 Å². The molecule has 0 spiro atoms. The number of fused-ring (bicyclic) bond motifs is 1. The van der Waals surface area contributed by atoms with Crippen molar-refractivity contribution in [3.63, 3.8) is 0 Å². The van der Waals surface area contributed by atoms with Gasteiger partial charge in [0.05, 0.1) is 5.39 Å². The van der Waals surface area contributed by atoms with E-state index in [1.54, 1.807) is 24.3 Å². The van der Waals surface area contributed by atoms with Crippen LogP contribution < -0.4 is 16.6 Å². The molecule has 1 aromatic heterocycles. The maximum absolute atomic E-state index is 12.5. The number of nitrogens with two attached hydrogens (primary N) is 1. The Morgan fingerprint density at radius 3 is 2.65 bits per heavy atom. The van der Waals surface area contributed by atoms with Crippen molar-refractivity contribution in [3.05, 3.63) is 40.3 Å². The van der Waals surface area contributed by atoms with Gasteiger partial charge in [-0.15, -0.1) is 0 Å². The minimum Gasteiger partial charge on any atom is -0.347 e. The van der Waals surface area contributed by atoms with Crippen molar-refractivity contribution in [1.29, 1.82) is 0 Å². The highest BCUT2D eigenvalue weighted by molar-refractivity contribution is 6.04. The molecular formula is C17H24N4O2. The molecule has 2 aromatic rings. The minimum atomic E-state index is -0.302. The molecule has 1 atom stereocenters. The monoisotopic (exact) mass is 316 g/mol. The summed E-state index contributed by atoms with van der Waals surface area (Å²) in [6, 6.07) is 6.93. The predicted molar refractivity (Wildman–Crippen MR) is 91.5 cm³/mol. The summed E-state index contributed by atoms with van der Waals surface area (Å²) >= 11 is 0. The molecule has 0 aliphatic heterocycles. The van der Waals surface area contributed by atoms with Crippen LogP contribution in [0.5, 0.6) is 0 Å². The van der Waals surface area contributed by atoms with Crippen molar-refractivity contribution in [3.8, 4) is 0 Å². The Labute approximate surface area is 135 Å². The van der Waals surface area contributed by atoms with E-state index < -0.39 is 0 Å². The first kappa shape index (κ1) is 17.1. The highest BCUT2D eigenvalue weighted by Crippen LogP contribution is 2.13. The van der Waals surface area contributed by atoms with Crippen LogP contribution in [-0.4, -0.2) is 28.3 Å². The number of rotatable bonds is 7. The quantitative estimate of drug-likeness (QED) is 0.760. The number of carbonyl (C=O) groups is 1. The molecule has 0 fully saturated rings. The lowest BCUT2D eigenvalue weighted by Crippen LogP contribution is -2.39. The molecule has 0 aliphatic carbocycles. The van der Waals surface area contributed by atoms with Crippen LogP contribution in [0.4, 0.5) is 0 Å². The van der Waals surface area contributed by atoms with E-state index in [2.05, 4.69) is 17.3 Å². The van der Waals surface area contributed by atoms with Crippen LogP contribution in [0.25, 0.3) is 10.8 Å². The minimum absolute atomic E-state index is 0.150. The molecule has 0 saturated heterocycles. The molecule has 6 heteroatoms. The van der Waals surface area contributed by atoms with Crippen molar-refractivity contribution in [2.75, 3.05) is 6.54 Å². The highest BCUT2D eigenvalue weighted by Gasteiger charge is 2.17. The molecule has 1 amide bonds. The van der Waals surface area contributed by atoms with Gasteiger partial charge in [0.2, 0.25) is 0 Å². The molecule has 6 nitrogen and oxygen atoms in total. The maximum Gasteiger partial charge on any atom is 0.274 e. The van der Waals surface area contributed by atoms with E-state index in [1.165, 1.54) is 4.68 Å². The number of nitrogens with one attached hydrogen (secondary N) is 1. The number of amides is 1. The van der Waals surface area contributed by atoms with Crippen molar-refractivity contribution >= 4 is 16.7 Å². The van der Waals surface area contributed by atoms with E-state index in [0.29, 0.717) is 23.9 Å². The molecule has 0 unspecified atom stereocenters. The SMILES string of the molecule is CCCCCn1nc(C(=O)N[C@@H](C)CN)c2ccccc2c1=O. The summed E-state index contributed by atoms with van der Waals surface area (Å²) in [5, 5.41) is 8.21. The Morgan fingerprint density at radius 1 is 1.30 bits per heavy atom. The Kier molecular flexibility index (Phi) is 5.87. The van der Waals surface area contributed by atoms with E-state index in [1.807, 2.05) is 6.92 Å². The summed E-state index contributed by atoms with van der Waals surface area (Å²) in [6.07, 6.45) is 2.94. The standard InChI is InChI=1S/C17H24N4O2/c1-3-4-7-10-21-17(23)14-9-6-5-8-13(14)15(20-21)16(22)19-12(2)11-18/h5-6,8-9,12H,3-4,7,10-11,18H2,1-2H3,(H,19,22)/t12-/m0/s1. The lowest BCUT2D eigenvalue weighted by Gasteiger charge is -2.14. The summed E-state index contributed by atoms with van der Waals surface area (Å²) in [5.74, 6) is -0.302. The van der Waals surface area contributed by atoms with Crippen molar-refractivity contribution in [1.82, 2.24) is 15.1 Å². The third kappa shape index (κ3) is 3.96. The highest BCUT2D eigenvalue weighted by atomic mass is 16.2. The third-order valence-electron chi connectivity index (χ3n) is 3.79. The lowest BCUT2D eigenvalue weighted by molar-refractivity contribution is 0.0935. The zero-order valence-corrected chi connectivity index (χ0v) is 13.7. The van der Waals surface area contributed by atoms with Gasteiger partial charge in [-0.3, -0.25) is 9.59 Å². The second-order valence-electron chi connectivity index (χ2n) is 5.74. The molecule has 1 heterocycles. The fraction of sp³-hybridized carbons (Fsp3) is 0.471. The summed E-state index contributed by atoms with van der Waals surface area (Å²) < 4.78 is 1.40. The van der Waals surface area contributed by atoms with Gasteiger partial charge in [-0.25, -0.2) is 4.68 Å². The normalized spacial score (nSPS) is 12.3. The molecule has 1 aromatic carbocycles. The Hall–Kier alpha value is -2.21. The molecule has 0 bridgehead atoms. The van der Waals surface area contributed by atoms with Crippen molar-refractivity contribution in [2.45, 2.75) is 45.7 Å². The Balaban J connectivity index is 2.47. The molecule has 2 rings (SSSR count). The van der Waals surface area contributed by atoms with Crippen LogP contribution in [0.3, 0.4) is 0 Å². The number of benzene rings is 1. The largest absolute Gasteiger partial charge is 0.347 e. The first-order valence-corrected chi connectivity index (χ1v) is 8.09. The van der Waals surface area contributed by atoms with Gasteiger partial charge in [-0.1, -0.05) is 38.0 Å².